The molecule has 0 rings (SSSR count). The number of alkyl halides is 3. The number of carbonyl (C=O) groups is 1. The minimum absolute atomic E-state index is 0.227. The summed E-state index contributed by atoms with van der Waals surface area (Å²) in [6.07, 6.45) is -4.40. The van der Waals surface area contributed by atoms with Crippen molar-refractivity contribution in [2.75, 3.05) is 19.8 Å². The van der Waals surface area contributed by atoms with Crippen LogP contribution >= 0.6 is 0 Å². The van der Waals surface area contributed by atoms with Gasteiger partial charge in [0.1, 0.15) is 13.2 Å². The monoisotopic (exact) mass is 214 g/mol. The first kappa shape index (κ1) is 13.2. The molecule has 0 fully saturated rings. The second kappa shape index (κ2) is 5.82. The summed E-state index contributed by atoms with van der Waals surface area (Å²) in [5, 5.41) is 2.36. The van der Waals surface area contributed by atoms with E-state index in [1.807, 2.05) is 0 Å². The van der Waals surface area contributed by atoms with Crippen LogP contribution in [-0.2, 0) is 9.53 Å². The number of hydrogen-bond acceptors (Lipinski definition) is 3. The summed E-state index contributed by atoms with van der Waals surface area (Å²) in [6.45, 7) is -0.159. The van der Waals surface area contributed by atoms with Crippen LogP contribution in [0.5, 0.6) is 0 Å². The number of carbonyl (C=O) groups excluding carboxylic acids is 1. The molecule has 0 unspecified atom stereocenters. The van der Waals surface area contributed by atoms with Crippen molar-refractivity contribution in [2.45, 2.75) is 19.1 Å². The topological polar surface area (TPSA) is 64.3 Å². The largest absolute Gasteiger partial charge is 0.411 e. The minimum atomic E-state index is -4.40. The summed E-state index contributed by atoms with van der Waals surface area (Å²) in [4.78, 5) is 10.8. The van der Waals surface area contributed by atoms with Gasteiger partial charge in [-0.3, -0.25) is 4.79 Å². The molecule has 0 heterocycles. The lowest BCUT2D eigenvalue weighted by molar-refractivity contribution is -0.175. The maximum atomic E-state index is 11.6. The average molecular weight is 214 g/mol. The van der Waals surface area contributed by atoms with Gasteiger partial charge in [0.05, 0.1) is 0 Å². The first-order valence-corrected chi connectivity index (χ1v) is 3.99. The van der Waals surface area contributed by atoms with Gasteiger partial charge in [-0.05, 0) is 6.92 Å². The van der Waals surface area contributed by atoms with E-state index >= 15 is 0 Å². The fourth-order valence-corrected chi connectivity index (χ4v) is 0.635. The summed E-state index contributed by atoms with van der Waals surface area (Å²) in [5.74, 6) is -0.604. The van der Waals surface area contributed by atoms with E-state index in [9.17, 15) is 18.0 Å². The highest BCUT2D eigenvalue weighted by molar-refractivity contribution is 5.77. The molecule has 1 atom stereocenters. The summed E-state index contributed by atoms with van der Waals surface area (Å²) in [7, 11) is 0. The predicted octanol–water partition coefficient (Wildman–Crippen LogP) is 0.0287. The molecule has 0 bridgehead atoms. The Hall–Kier alpha value is -0.820. The van der Waals surface area contributed by atoms with Crippen molar-refractivity contribution < 1.29 is 22.7 Å². The van der Waals surface area contributed by atoms with E-state index in [2.05, 4.69) is 10.1 Å². The van der Waals surface area contributed by atoms with Crippen molar-refractivity contribution in [1.29, 1.82) is 0 Å². The molecular weight excluding hydrogens is 201 g/mol. The molecule has 0 saturated carbocycles. The van der Waals surface area contributed by atoms with Crippen molar-refractivity contribution in [2.24, 2.45) is 5.73 Å². The molecule has 0 aliphatic rings. The van der Waals surface area contributed by atoms with E-state index in [4.69, 9.17) is 5.73 Å². The predicted molar refractivity (Wildman–Crippen MR) is 43.5 cm³/mol. The first-order valence-electron chi connectivity index (χ1n) is 3.99. The van der Waals surface area contributed by atoms with Crippen LogP contribution in [0.3, 0.4) is 0 Å². The molecule has 4 nitrogen and oxygen atoms in total. The lowest BCUT2D eigenvalue weighted by atomic mass is 10.3. The molecule has 0 aliphatic carbocycles. The van der Waals surface area contributed by atoms with E-state index in [1.165, 1.54) is 0 Å². The van der Waals surface area contributed by atoms with Crippen LogP contribution in [0.25, 0.3) is 0 Å². The normalized spacial score (nSPS) is 13.8. The van der Waals surface area contributed by atoms with Crippen molar-refractivity contribution in [3.63, 3.8) is 0 Å². The molecule has 0 radical (unpaired) electrons. The molecule has 14 heavy (non-hydrogen) atoms. The molecule has 7 heteroatoms. The number of ether oxygens (including phenoxy) is 1. The van der Waals surface area contributed by atoms with Crippen molar-refractivity contribution in [3.8, 4) is 0 Å². The molecule has 0 aromatic rings. The maximum absolute atomic E-state index is 11.6. The summed E-state index contributed by atoms with van der Waals surface area (Å²) < 4.78 is 38.8. The van der Waals surface area contributed by atoms with E-state index in [1.54, 1.807) is 6.92 Å². The fourth-order valence-electron chi connectivity index (χ4n) is 0.635. The Labute approximate surface area is 79.6 Å². The molecule has 0 aliphatic heterocycles. The maximum Gasteiger partial charge on any atom is 0.411 e. The van der Waals surface area contributed by atoms with Crippen LogP contribution in [0.2, 0.25) is 0 Å². The number of amides is 1. The Morgan fingerprint density at radius 3 is 2.57 bits per heavy atom. The number of nitrogens with one attached hydrogen (secondary N) is 1. The average Bonchev–Trinajstić information content (AvgIpc) is 2.01. The van der Waals surface area contributed by atoms with Crippen LogP contribution in [0, 0.1) is 0 Å². The number of nitrogens with two attached hydrogens (primary N) is 1. The molecular formula is C7H13F3N2O2. The number of hydrogen-bond donors (Lipinski definition) is 2. The summed E-state index contributed by atoms with van der Waals surface area (Å²) >= 11 is 0. The van der Waals surface area contributed by atoms with Gasteiger partial charge in [0, 0.05) is 12.6 Å². The highest BCUT2D eigenvalue weighted by atomic mass is 19.4. The van der Waals surface area contributed by atoms with Gasteiger partial charge in [-0.2, -0.15) is 13.2 Å². The fraction of sp³-hybridized carbons (Fsp3) is 0.857. The standard InChI is InChI=1S/C7H13F3N2O2/c1-5(2-11)12-6(13)3-14-4-7(8,9)10/h5H,2-4,11H2,1H3,(H,12,13)/t5-/m0/s1. The summed E-state index contributed by atoms with van der Waals surface area (Å²) in [6, 6.07) is -0.267. The lowest BCUT2D eigenvalue weighted by Gasteiger charge is -2.11. The van der Waals surface area contributed by atoms with Gasteiger partial charge in [-0.1, -0.05) is 0 Å². The number of halogens is 3. The third-order valence-corrected chi connectivity index (χ3v) is 1.26. The van der Waals surface area contributed by atoms with Gasteiger partial charge in [0.15, 0.2) is 0 Å². The molecule has 1 amide bonds. The highest BCUT2D eigenvalue weighted by Gasteiger charge is 2.27. The van der Waals surface area contributed by atoms with E-state index < -0.39 is 25.3 Å². The molecule has 0 saturated heterocycles. The SMILES string of the molecule is C[C@@H](CN)NC(=O)COCC(F)(F)F. The van der Waals surface area contributed by atoms with Gasteiger partial charge < -0.3 is 15.8 Å². The minimum Gasteiger partial charge on any atom is -0.362 e. The second-order valence-electron chi connectivity index (χ2n) is 2.81. The van der Waals surface area contributed by atoms with E-state index in [0.717, 1.165) is 0 Å². The molecule has 0 spiro atoms. The van der Waals surface area contributed by atoms with Crippen LogP contribution in [0.4, 0.5) is 13.2 Å². The third kappa shape index (κ3) is 7.81. The van der Waals surface area contributed by atoms with Crippen LogP contribution < -0.4 is 11.1 Å². The highest BCUT2D eigenvalue weighted by Crippen LogP contribution is 2.13. The molecule has 0 aromatic carbocycles. The number of rotatable bonds is 5. The molecule has 84 valence electrons. The van der Waals surface area contributed by atoms with Crippen LogP contribution in [-0.4, -0.2) is 37.9 Å². The Morgan fingerprint density at radius 2 is 2.14 bits per heavy atom. The zero-order chi connectivity index (χ0) is 11.2. The Morgan fingerprint density at radius 1 is 1.57 bits per heavy atom. The molecule has 0 aromatic heterocycles. The van der Waals surface area contributed by atoms with E-state index in [-0.39, 0.29) is 12.6 Å². The van der Waals surface area contributed by atoms with Crippen LogP contribution in [0.15, 0.2) is 0 Å². The lowest BCUT2D eigenvalue weighted by Crippen LogP contribution is -2.40. The smallest absolute Gasteiger partial charge is 0.362 e. The quantitative estimate of drug-likeness (QED) is 0.678. The molecule has 3 N–H and O–H groups in total. The third-order valence-electron chi connectivity index (χ3n) is 1.26. The zero-order valence-electron chi connectivity index (χ0n) is 7.73. The first-order chi connectivity index (χ1) is 6.35. The van der Waals surface area contributed by atoms with Gasteiger partial charge in [0.25, 0.3) is 0 Å². The van der Waals surface area contributed by atoms with Crippen molar-refractivity contribution in [3.05, 3.63) is 0 Å². The Kier molecular flexibility index (Phi) is 5.47. The second-order valence-corrected chi connectivity index (χ2v) is 2.81. The van der Waals surface area contributed by atoms with Gasteiger partial charge in [0.2, 0.25) is 5.91 Å². The van der Waals surface area contributed by atoms with Crippen molar-refractivity contribution in [1.82, 2.24) is 5.32 Å². The van der Waals surface area contributed by atoms with Crippen molar-refractivity contribution >= 4 is 5.91 Å². The zero-order valence-corrected chi connectivity index (χ0v) is 7.73. The Balaban J connectivity index is 3.55. The Bertz CT molecular complexity index is 184. The van der Waals surface area contributed by atoms with Gasteiger partial charge in [-0.25, -0.2) is 0 Å². The van der Waals surface area contributed by atoms with Gasteiger partial charge >= 0.3 is 6.18 Å². The van der Waals surface area contributed by atoms with Gasteiger partial charge in [-0.15, -0.1) is 0 Å². The van der Waals surface area contributed by atoms with E-state index in [0.29, 0.717) is 0 Å². The summed E-state index contributed by atoms with van der Waals surface area (Å²) in [5.41, 5.74) is 5.18. The van der Waals surface area contributed by atoms with Crippen LogP contribution in [0.1, 0.15) is 6.92 Å².